The van der Waals surface area contributed by atoms with Gasteiger partial charge in [0.05, 0.1) is 13.2 Å². The van der Waals surface area contributed by atoms with E-state index in [1.54, 1.807) is 7.11 Å². The van der Waals surface area contributed by atoms with Gasteiger partial charge in [-0.25, -0.2) is 0 Å². The molecule has 1 heterocycles. The molecule has 110 valence electrons. The van der Waals surface area contributed by atoms with Gasteiger partial charge in [-0.1, -0.05) is 13.0 Å². The highest BCUT2D eigenvalue weighted by molar-refractivity contribution is 5.81. The van der Waals surface area contributed by atoms with Gasteiger partial charge >= 0.3 is 0 Å². The van der Waals surface area contributed by atoms with Gasteiger partial charge in [0, 0.05) is 37.9 Å². The van der Waals surface area contributed by atoms with Gasteiger partial charge in [-0.3, -0.25) is 4.79 Å². The first-order valence-electron chi connectivity index (χ1n) is 7.09. The number of hydrogen-bond acceptors (Lipinski definition) is 4. The lowest BCUT2D eigenvalue weighted by atomic mass is 10.2. The van der Waals surface area contributed by atoms with E-state index >= 15 is 0 Å². The molecule has 5 nitrogen and oxygen atoms in total. The maximum atomic E-state index is 12.0. The molecule has 1 atom stereocenters. The smallest absolute Gasteiger partial charge is 0.239 e. The highest BCUT2D eigenvalue weighted by atomic mass is 16.5. The van der Waals surface area contributed by atoms with Crippen molar-refractivity contribution >= 4 is 11.6 Å². The van der Waals surface area contributed by atoms with E-state index < -0.39 is 0 Å². The number of carbonyl (C=O) groups is 1. The predicted octanol–water partition coefficient (Wildman–Crippen LogP) is 1.08. The number of hydrogen-bond donors (Lipinski definition) is 1. The monoisotopic (exact) mass is 277 g/mol. The second-order valence-electron chi connectivity index (χ2n) is 5.03. The highest BCUT2D eigenvalue weighted by Gasteiger charge is 2.24. The lowest BCUT2D eigenvalue weighted by Gasteiger charge is -2.37. The SMILES string of the molecule is CC[C@H](N)C(=O)N1CCN(c2cccc(OC)c2)CC1. The summed E-state index contributed by atoms with van der Waals surface area (Å²) >= 11 is 0. The molecule has 5 heteroatoms. The molecule has 0 aliphatic carbocycles. The summed E-state index contributed by atoms with van der Waals surface area (Å²) in [5.74, 6) is 0.923. The van der Waals surface area contributed by atoms with E-state index in [4.69, 9.17) is 10.5 Å². The number of nitrogens with zero attached hydrogens (tertiary/aromatic N) is 2. The van der Waals surface area contributed by atoms with Gasteiger partial charge in [-0.2, -0.15) is 0 Å². The van der Waals surface area contributed by atoms with Crippen LogP contribution in [0.4, 0.5) is 5.69 Å². The first kappa shape index (κ1) is 14.7. The molecule has 0 unspecified atom stereocenters. The molecule has 0 aromatic heterocycles. The Morgan fingerprint density at radius 1 is 1.35 bits per heavy atom. The van der Waals surface area contributed by atoms with Crippen LogP contribution < -0.4 is 15.4 Å². The molecule has 1 saturated heterocycles. The van der Waals surface area contributed by atoms with Crippen LogP contribution in [0.25, 0.3) is 0 Å². The van der Waals surface area contributed by atoms with E-state index in [9.17, 15) is 4.79 Å². The Labute approximate surface area is 120 Å². The van der Waals surface area contributed by atoms with Gasteiger partial charge in [-0.15, -0.1) is 0 Å². The summed E-state index contributed by atoms with van der Waals surface area (Å²) < 4.78 is 5.24. The van der Waals surface area contributed by atoms with Crippen molar-refractivity contribution in [2.24, 2.45) is 5.73 Å². The van der Waals surface area contributed by atoms with Crippen LogP contribution in [0.3, 0.4) is 0 Å². The van der Waals surface area contributed by atoms with Crippen LogP contribution in [0.5, 0.6) is 5.75 Å². The fourth-order valence-electron chi connectivity index (χ4n) is 2.40. The third kappa shape index (κ3) is 3.22. The van der Waals surface area contributed by atoms with Gasteiger partial charge in [0.2, 0.25) is 5.91 Å². The fourth-order valence-corrected chi connectivity index (χ4v) is 2.40. The minimum absolute atomic E-state index is 0.0674. The van der Waals surface area contributed by atoms with Crippen molar-refractivity contribution in [2.75, 3.05) is 38.2 Å². The molecule has 0 spiro atoms. The second-order valence-corrected chi connectivity index (χ2v) is 5.03. The summed E-state index contributed by atoms with van der Waals surface area (Å²) in [6.07, 6.45) is 0.689. The molecule has 1 fully saturated rings. The molecular formula is C15H23N3O2. The maximum absolute atomic E-state index is 12.0. The number of piperazine rings is 1. The number of anilines is 1. The second kappa shape index (κ2) is 6.61. The van der Waals surface area contributed by atoms with Gasteiger partial charge in [0.1, 0.15) is 5.75 Å². The molecule has 1 aromatic carbocycles. The number of rotatable bonds is 4. The molecule has 20 heavy (non-hydrogen) atoms. The van der Waals surface area contributed by atoms with Crippen LogP contribution in [0.2, 0.25) is 0 Å². The molecule has 1 amide bonds. The average molecular weight is 277 g/mol. The molecule has 0 saturated carbocycles. The summed E-state index contributed by atoms with van der Waals surface area (Å²) in [6.45, 7) is 5.05. The first-order valence-corrected chi connectivity index (χ1v) is 7.09. The van der Waals surface area contributed by atoms with Crippen molar-refractivity contribution < 1.29 is 9.53 Å². The predicted molar refractivity (Wildman–Crippen MR) is 80.1 cm³/mol. The van der Waals surface area contributed by atoms with E-state index in [1.807, 2.05) is 30.0 Å². The van der Waals surface area contributed by atoms with E-state index in [0.717, 1.165) is 37.6 Å². The van der Waals surface area contributed by atoms with Gasteiger partial charge in [0.25, 0.3) is 0 Å². The molecule has 1 aliphatic heterocycles. The summed E-state index contributed by atoms with van der Waals surface area (Å²) in [5.41, 5.74) is 6.95. The number of carbonyl (C=O) groups excluding carboxylic acids is 1. The Bertz CT molecular complexity index is 456. The Morgan fingerprint density at radius 2 is 2.05 bits per heavy atom. The minimum atomic E-state index is -0.363. The van der Waals surface area contributed by atoms with E-state index in [0.29, 0.717) is 6.42 Å². The zero-order valence-corrected chi connectivity index (χ0v) is 12.2. The Kier molecular flexibility index (Phi) is 4.84. The molecule has 2 rings (SSSR count). The quantitative estimate of drug-likeness (QED) is 0.895. The molecule has 0 radical (unpaired) electrons. The number of nitrogens with two attached hydrogens (primary N) is 1. The lowest BCUT2D eigenvalue weighted by Crippen LogP contribution is -2.53. The van der Waals surface area contributed by atoms with Crippen molar-refractivity contribution in [1.29, 1.82) is 0 Å². The van der Waals surface area contributed by atoms with Crippen LogP contribution in [0.15, 0.2) is 24.3 Å². The third-order valence-corrected chi connectivity index (χ3v) is 3.77. The average Bonchev–Trinajstić information content (AvgIpc) is 2.53. The van der Waals surface area contributed by atoms with Crippen LogP contribution >= 0.6 is 0 Å². The van der Waals surface area contributed by atoms with Crippen molar-refractivity contribution in [3.8, 4) is 5.75 Å². The third-order valence-electron chi connectivity index (χ3n) is 3.77. The number of benzene rings is 1. The van der Waals surface area contributed by atoms with Gasteiger partial charge < -0.3 is 20.3 Å². The first-order chi connectivity index (χ1) is 9.65. The highest BCUT2D eigenvalue weighted by Crippen LogP contribution is 2.22. The van der Waals surface area contributed by atoms with Crippen LogP contribution in [0.1, 0.15) is 13.3 Å². The molecule has 0 bridgehead atoms. The Morgan fingerprint density at radius 3 is 2.65 bits per heavy atom. The van der Waals surface area contributed by atoms with Crippen LogP contribution in [0, 0.1) is 0 Å². The number of ether oxygens (including phenoxy) is 1. The topological polar surface area (TPSA) is 58.8 Å². The lowest BCUT2D eigenvalue weighted by molar-refractivity contribution is -0.132. The zero-order valence-electron chi connectivity index (χ0n) is 12.2. The van der Waals surface area contributed by atoms with Crippen molar-refractivity contribution in [3.63, 3.8) is 0 Å². The number of amides is 1. The summed E-state index contributed by atoms with van der Waals surface area (Å²) in [5, 5.41) is 0. The summed E-state index contributed by atoms with van der Waals surface area (Å²) in [7, 11) is 1.67. The summed E-state index contributed by atoms with van der Waals surface area (Å²) in [4.78, 5) is 16.2. The van der Waals surface area contributed by atoms with E-state index in [2.05, 4.69) is 11.0 Å². The van der Waals surface area contributed by atoms with E-state index in [-0.39, 0.29) is 11.9 Å². The van der Waals surface area contributed by atoms with Crippen LogP contribution in [-0.2, 0) is 4.79 Å². The van der Waals surface area contributed by atoms with Crippen LogP contribution in [-0.4, -0.2) is 50.1 Å². The maximum Gasteiger partial charge on any atom is 0.239 e. The molecule has 1 aliphatic rings. The van der Waals surface area contributed by atoms with Crippen molar-refractivity contribution in [1.82, 2.24) is 4.90 Å². The Balaban J connectivity index is 1.95. The number of methoxy groups -OCH3 is 1. The molecule has 1 aromatic rings. The van der Waals surface area contributed by atoms with Crippen molar-refractivity contribution in [3.05, 3.63) is 24.3 Å². The Hall–Kier alpha value is -1.75. The van der Waals surface area contributed by atoms with Crippen molar-refractivity contribution in [2.45, 2.75) is 19.4 Å². The standard InChI is InChI=1S/C15H23N3O2/c1-3-14(16)15(19)18-9-7-17(8-10-18)12-5-4-6-13(11-12)20-2/h4-6,11,14H,3,7-10,16H2,1-2H3/t14-/m0/s1. The van der Waals surface area contributed by atoms with Gasteiger partial charge in [-0.05, 0) is 18.6 Å². The molecule has 2 N–H and O–H groups in total. The summed E-state index contributed by atoms with van der Waals surface area (Å²) in [6, 6.07) is 7.65. The van der Waals surface area contributed by atoms with Gasteiger partial charge in [0.15, 0.2) is 0 Å². The van der Waals surface area contributed by atoms with E-state index in [1.165, 1.54) is 0 Å². The normalized spacial score (nSPS) is 16.9. The molecular weight excluding hydrogens is 254 g/mol. The largest absolute Gasteiger partial charge is 0.497 e. The minimum Gasteiger partial charge on any atom is -0.497 e. The fraction of sp³-hybridized carbons (Fsp3) is 0.533. The zero-order chi connectivity index (χ0) is 14.5.